The third kappa shape index (κ3) is 4.77. The van der Waals surface area contributed by atoms with Crippen molar-refractivity contribution in [3.05, 3.63) is 0 Å². The molecule has 6 nitrogen and oxygen atoms in total. The highest BCUT2D eigenvalue weighted by molar-refractivity contribution is 5.91. The van der Waals surface area contributed by atoms with E-state index in [2.05, 4.69) is 24.5 Å². The van der Waals surface area contributed by atoms with E-state index in [0.29, 0.717) is 24.2 Å². The maximum Gasteiger partial charge on any atom is 0.320 e. The van der Waals surface area contributed by atoms with Crippen LogP contribution in [0.1, 0.15) is 84.5 Å². The monoisotopic (exact) mass is 393 g/mol. The summed E-state index contributed by atoms with van der Waals surface area (Å²) in [6, 6.07) is -0.312. The Bertz CT molecular complexity index is 579. The van der Waals surface area contributed by atoms with Crippen molar-refractivity contribution in [2.75, 3.05) is 6.54 Å². The number of Topliss-reactive ketones (excluding diaryl/α,β-unsaturated/α-hetero) is 1. The number of unbranched alkanes of at least 4 members (excludes halogenated alkanes) is 1. The molecular weight excluding hydrogens is 354 g/mol. The average Bonchev–Trinajstić information content (AvgIpc) is 2.97. The smallest absolute Gasteiger partial charge is 0.320 e. The van der Waals surface area contributed by atoms with Gasteiger partial charge in [-0.1, -0.05) is 19.3 Å². The van der Waals surface area contributed by atoms with Gasteiger partial charge in [-0.3, -0.25) is 9.59 Å². The van der Waals surface area contributed by atoms with Crippen LogP contribution in [0.2, 0.25) is 0 Å². The minimum absolute atomic E-state index is 0.0513. The van der Waals surface area contributed by atoms with E-state index in [1.807, 2.05) is 0 Å². The van der Waals surface area contributed by atoms with Gasteiger partial charge >= 0.3 is 5.97 Å². The van der Waals surface area contributed by atoms with Gasteiger partial charge in [0.15, 0.2) is 5.78 Å². The molecule has 0 spiro atoms. The van der Waals surface area contributed by atoms with Gasteiger partial charge in [-0.15, -0.1) is 0 Å². The second-order valence-corrected chi connectivity index (χ2v) is 10.0. The van der Waals surface area contributed by atoms with Gasteiger partial charge in [0, 0.05) is 17.5 Å². The van der Waals surface area contributed by atoms with Gasteiger partial charge in [-0.25, -0.2) is 0 Å². The standard InChI is InChI=1S/C22H39N3O3/c1-21(2)16-7-3-5-11-22(14-16,19(26)15-9-10-17(13-15)25-21)24-12-6-4-8-18(23)20(27)28/h15-18,24-25H,3-14,23H2,1-2H3,(H,27,28)/t15-,16?,17+,18+,22?/m1/s1. The molecule has 5 atom stereocenters. The Morgan fingerprint density at radius 1 is 1.29 bits per heavy atom. The fourth-order valence-electron chi connectivity index (χ4n) is 5.86. The lowest BCUT2D eigenvalue weighted by Crippen LogP contribution is -2.57. The number of fused-ring (bicyclic) bond motifs is 4. The molecule has 3 aliphatic rings. The first-order valence-electron chi connectivity index (χ1n) is 11.3. The molecule has 0 aromatic heterocycles. The molecule has 3 rings (SSSR count). The predicted octanol–water partition coefficient (Wildman–Crippen LogP) is 2.60. The van der Waals surface area contributed by atoms with Crippen LogP contribution in [0, 0.1) is 11.8 Å². The lowest BCUT2D eigenvalue weighted by atomic mass is 9.72. The minimum Gasteiger partial charge on any atom is -0.480 e. The van der Waals surface area contributed by atoms with Crippen molar-refractivity contribution in [1.82, 2.24) is 10.6 Å². The molecule has 1 saturated heterocycles. The Morgan fingerprint density at radius 2 is 2.07 bits per heavy atom. The van der Waals surface area contributed by atoms with E-state index in [-0.39, 0.29) is 11.5 Å². The van der Waals surface area contributed by atoms with Crippen molar-refractivity contribution < 1.29 is 14.7 Å². The number of nitrogens with two attached hydrogens (primary N) is 1. The number of hydrogen-bond acceptors (Lipinski definition) is 5. The summed E-state index contributed by atoms with van der Waals surface area (Å²) in [5.41, 5.74) is 5.26. The Kier molecular flexibility index (Phi) is 6.83. The summed E-state index contributed by atoms with van der Waals surface area (Å²) in [4.78, 5) is 24.6. The topological polar surface area (TPSA) is 104 Å². The van der Waals surface area contributed by atoms with Crippen LogP contribution in [0.5, 0.6) is 0 Å². The number of nitrogens with one attached hydrogen (secondary N) is 2. The molecule has 160 valence electrons. The number of carbonyl (C=O) groups excluding carboxylic acids is 1. The zero-order chi connectivity index (χ0) is 20.4. The van der Waals surface area contributed by atoms with Crippen LogP contribution in [0.15, 0.2) is 0 Å². The number of ketones is 1. The zero-order valence-electron chi connectivity index (χ0n) is 17.6. The maximum atomic E-state index is 13.7. The van der Waals surface area contributed by atoms with Crippen molar-refractivity contribution in [2.24, 2.45) is 17.6 Å². The van der Waals surface area contributed by atoms with E-state index < -0.39 is 17.6 Å². The number of hydrogen-bond donors (Lipinski definition) is 4. The van der Waals surface area contributed by atoms with Crippen molar-refractivity contribution in [3.8, 4) is 0 Å². The quantitative estimate of drug-likeness (QED) is 0.496. The van der Waals surface area contributed by atoms with Crippen LogP contribution < -0.4 is 16.4 Å². The molecule has 6 heteroatoms. The van der Waals surface area contributed by atoms with E-state index in [1.165, 1.54) is 12.8 Å². The molecular formula is C22H39N3O3. The number of aliphatic carboxylic acids is 1. The van der Waals surface area contributed by atoms with E-state index in [0.717, 1.165) is 57.9 Å². The fourth-order valence-corrected chi connectivity index (χ4v) is 5.86. The first-order chi connectivity index (χ1) is 13.2. The molecule has 2 saturated carbocycles. The van der Waals surface area contributed by atoms with Gasteiger partial charge in [0.25, 0.3) is 0 Å². The first kappa shape index (κ1) is 21.7. The number of rotatable bonds is 7. The van der Waals surface area contributed by atoms with E-state index in [9.17, 15) is 9.59 Å². The van der Waals surface area contributed by atoms with Crippen molar-refractivity contribution in [1.29, 1.82) is 0 Å². The van der Waals surface area contributed by atoms with E-state index >= 15 is 0 Å². The predicted molar refractivity (Wildman–Crippen MR) is 110 cm³/mol. The summed E-state index contributed by atoms with van der Waals surface area (Å²) in [6.45, 7) is 5.41. The molecule has 0 aromatic carbocycles. The van der Waals surface area contributed by atoms with Crippen LogP contribution in [-0.4, -0.2) is 46.6 Å². The molecule has 0 aromatic rings. The molecule has 4 bridgehead atoms. The Hall–Kier alpha value is -0.980. The van der Waals surface area contributed by atoms with Gasteiger partial charge in [-0.05, 0) is 77.7 Å². The summed E-state index contributed by atoms with van der Waals surface area (Å²) < 4.78 is 0. The highest BCUT2D eigenvalue weighted by Crippen LogP contribution is 2.43. The number of carboxylic acid groups (broad SMARTS) is 1. The van der Waals surface area contributed by atoms with Gasteiger partial charge < -0.3 is 21.5 Å². The molecule has 2 unspecified atom stereocenters. The van der Waals surface area contributed by atoms with Crippen molar-refractivity contribution >= 4 is 11.8 Å². The third-order valence-electron chi connectivity index (χ3n) is 7.60. The van der Waals surface area contributed by atoms with Crippen molar-refractivity contribution in [3.63, 3.8) is 0 Å². The summed E-state index contributed by atoms with van der Waals surface area (Å²) in [7, 11) is 0. The second-order valence-electron chi connectivity index (χ2n) is 10.0. The molecule has 1 heterocycles. The van der Waals surface area contributed by atoms with Crippen LogP contribution in [-0.2, 0) is 9.59 Å². The molecule has 28 heavy (non-hydrogen) atoms. The fraction of sp³-hybridized carbons (Fsp3) is 0.909. The zero-order valence-corrected chi connectivity index (χ0v) is 17.6. The molecule has 5 N–H and O–H groups in total. The third-order valence-corrected chi connectivity index (χ3v) is 7.60. The molecule has 3 fully saturated rings. The van der Waals surface area contributed by atoms with Crippen LogP contribution in [0.3, 0.4) is 0 Å². The van der Waals surface area contributed by atoms with Crippen LogP contribution in [0.4, 0.5) is 0 Å². The van der Waals surface area contributed by atoms with Crippen LogP contribution >= 0.6 is 0 Å². The summed E-state index contributed by atoms with van der Waals surface area (Å²) in [6.07, 6.45) is 10.5. The Balaban J connectivity index is 1.71. The lowest BCUT2D eigenvalue weighted by molar-refractivity contribution is -0.138. The van der Waals surface area contributed by atoms with Gasteiger partial charge in [0.1, 0.15) is 6.04 Å². The summed E-state index contributed by atoms with van der Waals surface area (Å²) in [5.74, 6) is 0.183. The van der Waals surface area contributed by atoms with Gasteiger partial charge in [0.05, 0.1) is 5.54 Å². The van der Waals surface area contributed by atoms with Crippen molar-refractivity contribution in [2.45, 2.75) is 108 Å². The maximum absolute atomic E-state index is 13.7. The van der Waals surface area contributed by atoms with Gasteiger partial charge in [-0.2, -0.15) is 0 Å². The number of carboxylic acids is 1. The highest BCUT2D eigenvalue weighted by Gasteiger charge is 2.50. The molecule has 2 aliphatic carbocycles. The summed E-state index contributed by atoms with van der Waals surface area (Å²) >= 11 is 0. The Morgan fingerprint density at radius 3 is 2.82 bits per heavy atom. The SMILES string of the molecule is CC1(C)N[C@H]2CC[C@H](C2)C(=O)C2(NCCCC[C@H](N)C(=O)O)CCCCC1C2. The Labute approximate surface area is 169 Å². The molecule has 0 radical (unpaired) electrons. The molecule has 1 aliphatic heterocycles. The average molecular weight is 394 g/mol. The largest absolute Gasteiger partial charge is 0.480 e. The first-order valence-corrected chi connectivity index (χ1v) is 11.3. The number of carbonyl (C=O) groups is 2. The van der Waals surface area contributed by atoms with Crippen LogP contribution in [0.25, 0.3) is 0 Å². The normalized spacial score (nSPS) is 36.1. The minimum atomic E-state index is -0.935. The second kappa shape index (κ2) is 8.80. The van der Waals surface area contributed by atoms with E-state index in [4.69, 9.17) is 10.8 Å². The highest BCUT2D eigenvalue weighted by atomic mass is 16.4. The van der Waals surface area contributed by atoms with E-state index in [1.54, 1.807) is 0 Å². The molecule has 0 amide bonds. The van der Waals surface area contributed by atoms with Gasteiger partial charge in [0.2, 0.25) is 0 Å². The summed E-state index contributed by atoms with van der Waals surface area (Å²) in [5, 5.41) is 16.5. The lowest BCUT2D eigenvalue weighted by Gasteiger charge is -2.42.